The summed E-state index contributed by atoms with van der Waals surface area (Å²) < 4.78 is 116. The second-order valence-corrected chi connectivity index (χ2v) is 30.2. The largest absolute Gasteiger partial charge is 0.491 e. The number of nitrogens with one attached hydrogen (secondary N) is 2. The number of carbonyl (C=O) groups is 4. The second kappa shape index (κ2) is 39.0. The summed E-state index contributed by atoms with van der Waals surface area (Å²) in [6.45, 7) is 6.56. The number of ether oxygens (including phenoxy) is 5. The highest BCUT2D eigenvalue weighted by molar-refractivity contribution is 7.85. The zero-order valence-corrected chi connectivity index (χ0v) is 61.7. The van der Waals surface area contributed by atoms with E-state index in [1.165, 1.54) is 39.5 Å². The number of carbonyl (C=O) groups excluding carboxylic acids is 4. The Bertz CT molecular complexity index is 4790. The van der Waals surface area contributed by atoms with Crippen LogP contribution in [0.15, 0.2) is 140 Å². The van der Waals surface area contributed by atoms with Crippen molar-refractivity contribution in [2.24, 2.45) is 21.0 Å². The maximum absolute atomic E-state index is 14.9. The van der Waals surface area contributed by atoms with Gasteiger partial charge < -0.3 is 78.7 Å². The average molecular weight is 1580 g/mol. The number of thiazole rings is 1. The minimum atomic E-state index is -5.83. The van der Waals surface area contributed by atoms with Crippen LogP contribution in [0.1, 0.15) is 73.1 Å². The van der Waals surface area contributed by atoms with Gasteiger partial charge in [-0.05, 0) is 98.3 Å². The number of amides is 3. The van der Waals surface area contributed by atoms with E-state index in [-0.39, 0.29) is 136 Å². The molecule has 6 atom stereocenters. The number of azide groups is 2. The molecule has 4 heterocycles. The van der Waals surface area contributed by atoms with Crippen LogP contribution in [-0.2, 0) is 65.5 Å². The Hall–Kier alpha value is -9.25. The number of phosphoric ester groups is 1. The number of amidine groups is 1. The van der Waals surface area contributed by atoms with E-state index in [2.05, 4.69) is 67.6 Å². The zero-order chi connectivity index (χ0) is 77.5. The number of hydrogen-bond acceptors (Lipinski definition) is 27. The fraction of sp³-hybridized carbons (Fsp3) is 0.391. The maximum Gasteiger partial charge on any atom is 0.490 e. The smallest absolute Gasteiger partial charge is 0.490 e. The Morgan fingerprint density at radius 3 is 2.40 bits per heavy atom. The number of rotatable bonds is 41. The Kier molecular flexibility index (Phi) is 30.4. The van der Waals surface area contributed by atoms with Crippen LogP contribution in [-0.4, -0.2) is 186 Å². The van der Waals surface area contributed by atoms with Crippen molar-refractivity contribution >= 4 is 101 Å². The maximum atomic E-state index is 14.9. The van der Waals surface area contributed by atoms with Crippen LogP contribution >= 0.6 is 34.8 Å². The van der Waals surface area contributed by atoms with Crippen molar-refractivity contribution in [3.63, 3.8) is 0 Å². The van der Waals surface area contributed by atoms with Crippen LogP contribution in [0.3, 0.4) is 0 Å². The van der Waals surface area contributed by atoms with Crippen molar-refractivity contribution in [1.82, 2.24) is 25.4 Å². The molecule has 2 aliphatic heterocycles. The lowest BCUT2D eigenvalue weighted by molar-refractivity contribution is -0.126. The molecule has 8 rings (SSSR count). The summed E-state index contributed by atoms with van der Waals surface area (Å²) in [6.07, 6.45) is -2.85. The molecule has 4 aromatic carbocycles. The average Bonchev–Trinajstić information content (AvgIpc) is 1.67. The lowest BCUT2D eigenvalue weighted by atomic mass is 9.92. The van der Waals surface area contributed by atoms with E-state index in [0.29, 0.717) is 40.1 Å². The van der Waals surface area contributed by atoms with Crippen LogP contribution in [0.2, 0.25) is 0 Å². The fourth-order valence-corrected chi connectivity index (χ4v) is 15.5. The number of hydrogen-bond donors (Lipinski definition) is 8. The van der Waals surface area contributed by atoms with Crippen LogP contribution in [0.4, 0.5) is 5.69 Å². The van der Waals surface area contributed by atoms with Crippen molar-refractivity contribution in [3.8, 4) is 39.3 Å². The first-order valence-corrected chi connectivity index (χ1v) is 39.6. The quantitative estimate of drug-likeness (QED) is 0.00262. The van der Waals surface area contributed by atoms with E-state index < -0.39 is 107 Å². The summed E-state index contributed by atoms with van der Waals surface area (Å²) >= 11 is 1.30. The lowest BCUT2D eigenvalue weighted by Gasteiger charge is -2.29. The molecule has 43 heteroatoms. The monoisotopic (exact) mass is 1580 g/mol. The predicted octanol–water partition coefficient (Wildman–Crippen LogP) is 8.17. The van der Waals surface area contributed by atoms with E-state index in [4.69, 9.17) is 58.7 Å². The lowest BCUT2D eigenvalue weighted by Crippen LogP contribution is -2.35. The summed E-state index contributed by atoms with van der Waals surface area (Å²) in [5.74, 6) is 3.23. The van der Waals surface area contributed by atoms with Crippen LogP contribution in [0.25, 0.3) is 63.8 Å². The van der Waals surface area contributed by atoms with Gasteiger partial charge in [-0.15, -0.1) is 11.3 Å². The number of aromatic nitrogens is 1. The molecule has 38 nitrogen and oxygen atoms in total. The first-order chi connectivity index (χ1) is 51.0. The van der Waals surface area contributed by atoms with Gasteiger partial charge in [0.1, 0.15) is 71.6 Å². The summed E-state index contributed by atoms with van der Waals surface area (Å²) in [5.41, 5.74) is 26.6. The summed E-state index contributed by atoms with van der Waals surface area (Å²) in [5, 5.41) is 13.1. The zero-order valence-electron chi connectivity index (χ0n) is 57.3. The molecule has 1 fully saturated rings. The Labute approximate surface area is 614 Å². The highest BCUT2D eigenvalue weighted by Crippen LogP contribution is 2.66. The number of para-hydroxylation sites is 1. The van der Waals surface area contributed by atoms with Crippen LogP contribution in [0.5, 0.6) is 5.75 Å². The van der Waals surface area contributed by atoms with E-state index in [0.717, 1.165) is 10.4 Å². The van der Waals surface area contributed by atoms with E-state index in [9.17, 15) is 66.0 Å². The van der Waals surface area contributed by atoms with Crippen molar-refractivity contribution in [3.05, 3.63) is 158 Å². The topological polar surface area (TPSA) is 541 Å². The third-order valence-corrected chi connectivity index (χ3v) is 21.4. The minimum absolute atomic E-state index is 0.0188. The van der Waals surface area contributed by atoms with Gasteiger partial charge >= 0.3 is 29.1 Å². The molecule has 9 N–H and O–H groups in total. The number of aliphatic imine (C=N–C) groups is 1. The Morgan fingerprint density at radius 2 is 1.66 bits per heavy atom. The third kappa shape index (κ3) is 25.2. The number of ketones is 1. The molecule has 0 aliphatic carbocycles. The summed E-state index contributed by atoms with van der Waals surface area (Å²) in [4.78, 5) is 125. The number of phosphoric acid groups is 3. The summed E-state index contributed by atoms with van der Waals surface area (Å²) in [7, 11) is -21.5. The second-order valence-electron chi connectivity index (χ2n) is 23.1. The van der Waals surface area contributed by atoms with E-state index in [1.807, 2.05) is 50.2 Å². The molecule has 0 spiro atoms. The Balaban J connectivity index is 0.771. The molecular weight excluding hydrogens is 1510 g/mol. The summed E-state index contributed by atoms with van der Waals surface area (Å²) in [6, 6.07) is 25.8. The van der Waals surface area contributed by atoms with Gasteiger partial charge in [0.15, 0.2) is 6.23 Å². The van der Waals surface area contributed by atoms with Gasteiger partial charge in [-0.2, -0.15) is 17.0 Å². The van der Waals surface area contributed by atoms with Gasteiger partial charge in [-0.1, -0.05) is 65.0 Å². The molecule has 0 radical (unpaired) electrons. The van der Waals surface area contributed by atoms with Crippen LogP contribution in [0, 0.1) is 11.8 Å². The van der Waals surface area contributed by atoms with Gasteiger partial charge in [0.2, 0.25) is 5.91 Å². The van der Waals surface area contributed by atoms with E-state index >= 15 is 0 Å². The van der Waals surface area contributed by atoms with Crippen molar-refractivity contribution in [1.29, 1.82) is 0 Å². The number of nitrogens with two attached hydrogens (primary N) is 1. The van der Waals surface area contributed by atoms with Crippen molar-refractivity contribution in [2.45, 2.75) is 77.0 Å². The van der Waals surface area contributed by atoms with Gasteiger partial charge in [-0.25, -0.2) is 28.5 Å². The molecular formula is C64H75N14O24P3S2. The molecule has 6 unspecified atom stereocenters. The van der Waals surface area contributed by atoms with Crippen molar-refractivity contribution < 1.29 is 107 Å². The van der Waals surface area contributed by atoms with E-state index in [1.54, 1.807) is 42.5 Å². The SMILES string of the molecule is C=C1N=C(N)C(C#CCNC(=O)COCCOC(COc2cccc(C(=O)NCCCC(=O)CCCN(CCCS(=O)(=O)O)C(=O)c3ccccc3-c3c(-c4nc5ccccc5s4)c(=O)oc4cc(N(CC)CC)ccc34)c2)N=[N+]=[N-])=CN1C1CC(OCN=[N+]=[N-])C(COP(=O)(O)OP(=O)(O)OP(=O)(O)O)O1. The molecule has 2 aliphatic rings. The predicted molar refractivity (Wildman–Crippen MR) is 388 cm³/mol. The number of anilines is 1. The van der Waals surface area contributed by atoms with Gasteiger partial charge in [0, 0.05) is 102 Å². The Morgan fingerprint density at radius 1 is 0.916 bits per heavy atom. The molecule has 572 valence electrons. The van der Waals surface area contributed by atoms with Crippen LogP contribution < -0.4 is 31.6 Å². The first kappa shape index (κ1) is 83.4. The number of nitrogens with zero attached hydrogens (tertiary/aromatic N) is 11. The third-order valence-electron chi connectivity index (χ3n) is 15.7. The molecule has 0 saturated carbocycles. The molecule has 6 aromatic rings. The first-order valence-electron chi connectivity index (χ1n) is 32.6. The highest BCUT2D eigenvalue weighted by atomic mass is 32.2. The van der Waals surface area contributed by atoms with Gasteiger partial charge in [-0.3, -0.25) is 28.3 Å². The molecule has 2 aromatic heterocycles. The standard InChI is InChI=1S/C64H75N14O24P3S2/c1-4-76(5-2)44-24-25-49-51(34-44)100-64(83)59(62-72-50-22-8-9-23-54(50)106-62)58(49)47-20-6-7-21-48(47)63(82)77(29-14-32-107(91,92)93)28-13-18-45(79)17-12-27-69-61(81)42-15-10-19-46(33-42)96-39-56(73-75-67)95-31-30-94-38-55(80)68-26-11-16-43-36-78(41(3)71-60(43)65)57-35-52(97-40-70-74-66)53(99-57)37-98-104(87,88)102-105(89,90)101-103(84,85)86/h6-10,15,19-25,33-34,36,52-53,56-57H,3-5,12-14,17-18,26-32,35,37-40H2,1-2H3,(H2,65,71)(H,68,80)(H,69,81)(H,87,88)(H,89,90)(H2,84,85,86)(H,91,92,93). The number of benzene rings is 4. The number of fused-ring (bicyclic) bond motifs is 2. The fourth-order valence-electron chi connectivity index (χ4n) is 10.9. The number of Topliss-reactive ketones (excluding diaryl/α,β-unsaturated/α-hetero) is 1. The molecule has 3 amide bonds. The minimum Gasteiger partial charge on any atom is -0.491 e. The van der Waals surface area contributed by atoms with Crippen molar-refractivity contribution in [2.75, 3.05) is 89.7 Å². The highest BCUT2D eigenvalue weighted by Gasteiger charge is 2.45. The van der Waals surface area contributed by atoms with Gasteiger partial charge in [0.05, 0.1) is 54.0 Å². The normalized spacial score (nSPS) is 16.5. The molecule has 107 heavy (non-hydrogen) atoms. The molecule has 0 bridgehead atoms. The molecule has 1 saturated heterocycles. The van der Waals surface area contributed by atoms with Gasteiger partial charge in [0.25, 0.3) is 21.9 Å².